The molecule has 1 heterocycles. The van der Waals surface area contributed by atoms with Gasteiger partial charge in [0.05, 0.1) is 12.0 Å². The van der Waals surface area contributed by atoms with Crippen molar-refractivity contribution in [2.45, 2.75) is 44.7 Å². The van der Waals surface area contributed by atoms with Crippen molar-refractivity contribution in [3.05, 3.63) is 18.5 Å². The van der Waals surface area contributed by atoms with Crippen LogP contribution < -0.4 is 5.32 Å². The molecule has 92 valence electrons. The minimum absolute atomic E-state index is 0.216. The Morgan fingerprint density at radius 1 is 1.41 bits per heavy atom. The van der Waals surface area contributed by atoms with Gasteiger partial charge in [-0.25, -0.2) is 0 Å². The van der Waals surface area contributed by atoms with E-state index in [1.807, 2.05) is 16.9 Å². The molecule has 0 aromatic carbocycles. The van der Waals surface area contributed by atoms with Crippen LogP contribution in [0, 0.1) is 17.2 Å². The molecule has 1 aromatic heterocycles. The van der Waals surface area contributed by atoms with Gasteiger partial charge in [0.2, 0.25) is 0 Å². The monoisotopic (exact) mass is 232 g/mol. The van der Waals surface area contributed by atoms with Gasteiger partial charge in [-0.1, -0.05) is 12.8 Å². The lowest BCUT2D eigenvalue weighted by atomic mass is 9.85. The van der Waals surface area contributed by atoms with Gasteiger partial charge >= 0.3 is 0 Å². The number of rotatable bonds is 5. The topological polar surface area (TPSA) is 53.6 Å². The third kappa shape index (κ3) is 3.57. The largest absolute Gasteiger partial charge is 0.313 e. The fourth-order valence-electron chi connectivity index (χ4n) is 2.49. The number of aromatic nitrogens is 2. The molecule has 1 N–H and O–H groups in total. The second-order valence-electron chi connectivity index (χ2n) is 4.70. The minimum atomic E-state index is 0.216. The number of nitriles is 1. The van der Waals surface area contributed by atoms with Crippen molar-refractivity contribution >= 4 is 0 Å². The summed E-state index contributed by atoms with van der Waals surface area (Å²) in [5.41, 5.74) is 0. The van der Waals surface area contributed by atoms with Crippen molar-refractivity contribution in [3.8, 4) is 6.07 Å². The zero-order valence-electron chi connectivity index (χ0n) is 10.2. The maximum Gasteiger partial charge on any atom is 0.0672 e. The zero-order valence-corrected chi connectivity index (χ0v) is 10.2. The standard InChI is InChI=1S/C13H20N4/c14-11-12-5-1-2-6-13(12)15-7-3-9-17-10-4-8-16-17/h4,8,10,12-13,15H,1-3,5-7,9H2. The van der Waals surface area contributed by atoms with E-state index in [-0.39, 0.29) is 5.92 Å². The Morgan fingerprint density at radius 2 is 2.29 bits per heavy atom. The van der Waals surface area contributed by atoms with E-state index in [0.29, 0.717) is 6.04 Å². The van der Waals surface area contributed by atoms with Crippen molar-refractivity contribution in [1.82, 2.24) is 15.1 Å². The number of aryl methyl sites for hydroxylation is 1. The molecule has 1 aromatic rings. The maximum absolute atomic E-state index is 9.06. The molecule has 0 aliphatic heterocycles. The first kappa shape index (κ1) is 12.1. The maximum atomic E-state index is 9.06. The smallest absolute Gasteiger partial charge is 0.0672 e. The summed E-state index contributed by atoms with van der Waals surface area (Å²) in [6, 6.07) is 4.78. The summed E-state index contributed by atoms with van der Waals surface area (Å²) < 4.78 is 1.95. The molecule has 0 saturated heterocycles. The summed E-state index contributed by atoms with van der Waals surface area (Å²) in [7, 11) is 0. The fraction of sp³-hybridized carbons (Fsp3) is 0.692. The molecule has 1 aliphatic carbocycles. The van der Waals surface area contributed by atoms with E-state index < -0.39 is 0 Å². The fourth-order valence-corrected chi connectivity index (χ4v) is 2.49. The van der Waals surface area contributed by atoms with Crippen LogP contribution in [0.3, 0.4) is 0 Å². The molecule has 2 rings (SSSR count). The van der Waals surface area contributed by atoms with E-state index in [0.717, 1.165) is 32.4 Å². The van der Waals surface area contributed by atoms with E-state index in [2.05, 4.69) is 16.5 Å². The first-order valence-corrected chi connectivity index (χ1v) is 6.50. The number of hydrogen-bond donors (Lipinski definition) is 1. The van der Waals surface area contributed by atoms with Crippen LogP contribution >= 0.6 is 0 Å². The quantitative estimate of drug-likeness (QED) is 0.789. The highest BCUT2D eigenvalue weighted by atomic mass is 15.3. The summed E-state index contributed by atoms with van der Waals surface area (Å²) >= 11 is 0. The summed E-state index contributed by atoms with van der Waals surface area (Å²) in [4.78, 5) is 0. The summed E-state index contributed by atoms with van der Waals surface area (Å²) in [6.07, 6.45) is 9.54. The van der Waals surface area contributed by atoms with Crippen molar-refractivity contribution in [1.29, 1.82) is 5.26 Å². The Balaban J connectivity index is 1.65. The molecule has 1 aliphatic rings. The molecule has 2 atom stereocenters. The van der Waals surface area contributed by atoms with Crippen LogP contribution in [0.15, 0.2) is 18.5 Å². The number of nitrogens with zero attached hydrogens (tertiary/aromatic N) is 3. The van der Waals surface area contributed by atoms with Gasteiger partial charge < -0.3 is 5.32 Å². The van der Waals surface area contributed by atoms with Gasteiger partial charge in [0.15, 0.2) is 0 Å². The molecule has 4 heteroatoms. The van der Waals surface area contributed by atoms with Gasteiger partial charge in [-0.15, -0.1) is 0 Å². The molecule has 4 nitrogen and oxygen atoms in total. The highest BCUT2D eigenvalue weighted by molar-refractivity contribution is 4.94. The molecule has 1 fully saturated rings. The Hall–Kier alpha value is -1.34. The van der Waals surface area contributed by atoms with Crippen molar-refractivity contribution in [3.63, 3.8) is 0 Å². The van der Waals surface area contributed by atoms with Crippen LogP contribution in [0.5, 0.6) is 0 Å². The highest BCUT2D eigenvalue weighted by Gasteiger charge is 2.23. The third-order valence-corrected chi connectivity index (χ3v) is 3.46. The Morgan fingerprint density at radius 3 is 3.06 bits per heavy atom. The molecular weight excluding hydrogens is 212 g/mol. The van der Waals surface area contributed by atoms with Gasteiger partial charge in [0, 0.05) is 25.0 Å². The van der Waals surface area contributed by atoms with Crippen LogP contribution in [0.1, 0.15) is 32.1 Å². The SMILES string of the molecule is N#CC1CCCCC1NCCCn1cccn1. The predicted molar refractivity (Wildman–Crippen MR) is 66.2 cm³/mol. The van der Waals surface area contributed by atoms with E-state index in [1.165, 1.54) is 12.8 Å². The first-order chi connectivity index (χ1) is 8.40. The molecule has 0 bridgehead atoms. The molecule has 17 heavy (non-hydrogen) atoms. The predicted octanol–water partition coefficient (Wildman–Crippen LogP) is 1.95. The number of nitrogens with one attached hydrogen (secondary N) is 1. The van der Waals surface area contributed by atoms with Crippen LogP contribution in [0.2, 0.25) is 0 Å². The summed E-state index contributed by atoms with van der Waals surface area (Å²) in [5.74, 6) is 0.216. The zero-order chi connectivity index (χ0) is 11.9. The minimum Gasteiger partial charge on any atom is -0.313 e. The molecule has 0 amide bonds. The van der Waals surface area contributed by atoms with Gasteiger partial charge in [0.1, 0.15) is 0 Å². The van der Waals surface area contributed by atoms with E-state index in [9.17, 15) is 0 Å². The van der Waals surface area contributed by atoms with Crippen molar-refractivity contribution in [2.24, 2.45) is 5.92 Å². The van der Waals surface area contributed by atoms with E-state index >= 15 is 0 Å². The van der Waals surface area contributed by atoms with Crippen LogP contribution in [0.25, 0.3) is 0 Å². The Kier molecular flexibility index (Phi) is 4.57. The van der Waals surface area contributed by atoms with Gasteiger partial charge in [-0.3, -0.25) is 4.68 Å². The first-order valence-electron chi connectivity index (χ1n) is 6.50. The molecular formula is C13H20N4. The van der Waals surface area contributed by atoms with Crippen LogP contribution in [-0.4, -0.2) is 22.4 Å². The molecule has 0 spiro atoms. The van der Waals surface area contributed by atoms with Crippen LogP contribution in [-0.2, 0) is 6.54 Å². The molecule has 0 radical (unpaired) electrons. The average molecular weight is 232 g/mol. The Bertz CT molecular complexity index is 352. The molecule has 2 unspecified atom stereocenters. The third-order valence-electron chi connectivity index (χ3n) is 3.46. The van der Waals surface area contributed by atoms with Crippen LogP contribution in [0.4, 0.5) is 0 Å². The lowest BCUT2D eigenvalue weighted by Gasteiger charge is -2.27. The highest BCUT2D eigenvalue weighted by Crippen LogP contribution is 2.23. The van der Waals surface area contributed by atoms with Gasteiger partial charge in [-0.05, 0) is 31.9 Å². The number of hydrogen-bond acceptors (Lipinski definition) is 3. The van der Waals surface area contributed by atoms with Crippen molar-refractivity contribution < 1.29 is 0 Å². The average Bonchev–Trinajstić information content (AvgIpc) is 2.88. The van der Waals surface area contributed by atoms with Crippen molar-refractivity contribution in [2.75, 3.05) is 6.54 Å². The van der Waals surface area contributed by atoms with Gasteiger partial charge in [-0.2, -0.15) is 10.4 Å². The molecule has 1 saturated carbocycles. The van der Waals surface area contributed by atoms with E-state index in [1.54, 1.807) is 6.20 Å². The van der Waals surface area contributed by atoms with E-state index in [4.69, 9.17) is 5.26 Å². The second kappa shape index (κ2) is 6.41. The lowest BCUT2D eigenvalue weighted by Crippen LogP contribution is -2.38. The normalized spacial score (nSPS) is 24.4. The lowest BCUT2D eigenvalue weighted by molar-refractivity contribution is 0.309. The second-order valence-corrected chi connectivity index (χ2v) is 4.70. The summed E-state index contributed by atoms with van der Waals surface area (Å²) in [6.45, 7) is 1.92. The Labute approximate surface area is 103 Å². The van der Waals surface area contributed by atoms with Gasteiger partial charge in [0.25, 0.3) is 0 Å². The summed E-state index contributed by atoms with van der Waals surface area (Å²) in [5, 5.41) is 16.8.